The van der Waals surface area contributed by atoms with Crippen LogP contribution in [0.5, 0.6) is 0 Å². The van der Waals surface area contributed by atoms with E-state index in [1.165, 1.54) is 0 Å². The summed E-state index contributed by atoms with van der Waals surface area (Å²) >= 11 is 0. The van der Waals surface area contributed by atoms with E-state index in [4.69, 9.17) is 4.74 Å². The molecule has 0 aromatic carbocycles. The summed E-state index contributed by atoms with van der Waals surface area (Å²) in [6, 6.07) is -0.0386. The second kappa shape index (κ2) is 4.96. The van der Waals surface area contributed by atoms with Gasteiger partial charge in [-0.3, -0.25) is 4.79 Å². The molecule has 4 heteroatoms. The molecular weight excluding hydrogens is 194 g/mol. The van der Waals surface area contributed by atoms with Gasteiger partial charge in [-0.25, -0.2) is 4.79 Å². The van der Waals surface area contributed by atoms with E-state index < -0.39 is 5.97 Å². The van der Waals surface area contributed by atoms with Crippen molar-refractivity contribution >= 4 is 11.9 Å². The fourth-order valence-corrected chi connectivity index (χ4v) is 1.54. The van der Waals surface area contributed by atoms with E-state index in [-0.39, 0.29) is 18.6 Å². The van der Waals surface area contributed by atoms with E-state index in [1.807, 2.05) is 6.92 Å². The number of ether oxygens (including phenoxy) is 1. The first-order valence-electron chi connectivity index (χ1n) is 5.14. The van der Waals surface area contributed by atoms with Crippen molar-refractivity contribution in [1.82, 2.24) is 4.90 Å². The number of hydrogen-bond acceptors (Lipinski definition) is 3. The van der Waals surface area contributed by atoms with Crippen molar-refractivity contribution in [3.05, 3.63) is 12.2 Å². The molecule has 0 aromatic rings. The van der Waals surface area contributed by atoms with Crippen molar-refractivity contribution in [2.24, 2.45) is 0 Å². The van der Waals surface area contributed by atoms with Gasteiger partial charge in [0, 0.05) is 18.5 Å². The zero-order valence-electron chi connectivity index (χ0n) is 9.28. The molecule has 84 valence electrons. The molecule has 1 rings (SSSR count). The summed E-state index contributed by atoms with van der Waals surface area (Å²) in [6.45, 7) is 8.00. The molecule has 1 aliphatic rings. The summed E-state index contributed by atoms with van der Waals surface area (Å²) in [7, 11) is 0. The minimum atomic E-state index is -0.395. The lowest BCUT2D eigenvalue weighted by Gasteiger charge is -2.23. The summed E-state index contributed by atoms with van der Waals surface area (Å²) in [4.78, 5) is 24.2. The minimum Gasteiger partial charge on any atom is -0.460 e. The Hall–Kier alpha value is -1.32. The molecule has 0 radical (unpaired) electrons. The highest BCUT2D eigenvalue weighted by molar-refractivity contribution is 5.87. The van der Waals surface area contributed by atoms with Crippen molar-refractivity contribution in [2.45, 2.75) is 32.7 Å². The molecule has 1 fully saturated rings. The van der Waals surface area contributed by atoms with Crippen LogP contribution in [-0.2, 0) is 14.3 Å². The molecule has 1 atom stereocenters. The van der Waals surface area contributed by atoms with Gasteiger partial charge < -0.3 is 9.64 Å². The highest BCUT2D eigenvalue weighted by atomic mass is 16.5. The van der Waals surface area contributed by atoms with Gasteiger partial charge in [0.05, 0.1) is 6.04 Å². The van der Waals surface area contributed by atoms with E-state index >= 15 is 0 Å². The molecular formula is C11H17NO3. The van der Waals surface area contributed by atoms with Gasteiger partial charge >= 0.3 is 5.97 Å². The SMILES string of the molecule is C=C(C)C(=O)OCC(C)N1CCCC1=O. The zero-order chi connectivity index (χ0) is 11.4. The van der Waals surface area contributed by atoms with E-state index in [0.717, 1.165) is 13.0 Å². The molecule has 1 aliphatic heterocycles. The van der Waals surface area contributed by atoms with Crippen LogP contribution in [0.1, 0.15) is 26.7 Å². The van der Waals surface area contributed by atoms with Crippen LogP contribution in [-0.4, -0.2) is 36.0 Å². The largest absolute Gasteiger partial charge is 0.460 e. The minimum absolute atomic E-state index is 0.0386. The van der Waals surface area contributed by atoms with Gasteiger partial charge in [0.25, 0.3) is 0 Å². The quantitative estimate of drug-likeness (QED) is 0.517. The molecule has 0 spiro atoms. The third kappa shape index (κ3) is 3.08. The van der Waals surface area contributed by atoms with Crippen LogP contribution in [0.15, 0.2) is 12.2 Å². The third-order valence-corrected chi connectivity index (χ3v) is 2.45. The normalized spacial score (nSPS) is 17.7. The second-order valence-corrected chi connectivity index (χ2v) is 3.92. The predicted molar refractivity (Wildman–Crippen MR) is 56.2 cm³/mol. The van der Waals surface area contributed by atoms with Crippen LogP contribution in [0.4, 0.5) is 0 Å². The number of esters is 1. The Morgan fingerprint density at radius 3 is 2.80 bits per heavy atom. The average molecular weight is 211 g/mol. The Morgan fingerprint density at radius 2 is 2.33 bits per heavy atom. The molecule has 0 bridgehead atoms. The van der Waals surface area contributed by atoms with Gasteiger partial charge in [-0.15, -0.1) is 0 Å². The van der Waals surface area contributed by atoms with Gasteiger partial charge in [-0.2, -0.15) is 0 Å². The van der Waals surface area contributed by atoms with Crippen molar-refractivity contribution in [3.63, 3.8) is 0 Å². The first-order valence-corrected chi connectivity index (χ1v) is 5.14. The van der Waals surface area contributed by atoms with Crippen molar-refractivity contribution in [2.75, 3.05) is 13.2 Å². The number of likely N-dealkylation sites (tertiary alicyclic amines) is 1. The second-order valence-electron chi connectivity index (χ2n) is 3.92. The summed E-state index contributed by atoms with van der Waals surface area (Å²) in [6.07, 6.45) is 1.51. The first-order chi connectivity index (χ1) is 7.02. The summed E-state index contributed by atoms with van der Waals surface area (Å²) < 4.78 is 4.99. The lowest BCUT2D eigenvalue weighted by Crippen LogP contribution is -2.37. The van der Waals surface area contributed by atoms with Gasteiger partial charge in [0.2, 0.25) is 5.91 Å². The smallest absolute Gasteiger partial charge is 0.333 e. The van der Waals surface area contributed by atoms with Crippen LogP contribution >= 0.6 is 0 Å². The van der Waals surface area contributed by atoms with Crippen LogP contribution in [0.3, 0.4) is 0 Å². The molecule has 0 N–H and O–H groups in total. The molecule has 1 heterocycles. The Balaban J connectivity index is 2.35. The fraction of sp³-hybridized carbons (Fsp3) is 0.636. The number of carbonyl (C=O) groups excluding carboxylic acids is 2. The van der Waals surface area contributed by atoms with Crippen molar-refractivity contribution in [1.29, 1.82) is 0 Å². The maximum atomic E-state index is 11.4. The van der Waals surface area contributed by atoms with Gasteiger partial charge in [-0.05, 0) is 20.3 Å². The van der Waals surface area contributed by atoms with Crippen LogP contribution in [0.25, 0.3) is 0 Å². The maximum Gasteiger partial charge on any atom is 0.333 e. The molecule has 4 nitrogen and oxygen atoms in total. The summed E-state index contributed by atoms with van der Waals surface area (Å²) in [5.74, 6) is -0.248. The molecule has 0 aromatic heterocycles. The summed E-state index contributed by atoms with van der Waals surface area (Å²) in [5, 5.41) is 0. The standard InChI is InChI=1S/C11H17NO3/c1-8(2)11(14)15-7-9(3)12-6-4-5-10(12)13/h9H,1,4-7H2,2-3H3. The van der Waals surface area contributed by atoms with Crippen LogP contribution < -0.4 is 0 Å². The molecule has 1 amide bonds. The lowest BCUT2D eigenvalue weighted by atomic mass is 10.3. The number of nitrogens with zero attached hydrogens (tertiary/aromatic N) is 1. The monoisotopic (exact) mass is 211 g/mol. The fourth-order valence-electron chi connectivity index (χ4n) is 1.54. The first kappa shape index (κ1) is 11.8. The zero-order valence-corrected chi connectivity index (χ0v) is 9.28. The molecule has 0 aliphatic carbocycles. The Labute approximate surface area is 89.9 Å². The summed E-state index contributed by atoms with van der Waals surface area (Å²) in [5.41, 5.74) is 0.384. The number of amides is 1. The number of rotatable bonds is 4. The van der Waals surface area contributed by atoms with Crippen molar-refractivity contribution < 1.29 is 14.3 Å². The Morgan fingerprint density at radius 1 is 1.67 bits per heavy atom. The molecule has 0 saturated carbocycles. The number of carbonyl (C=O) groups is 2. The molecule has 15 heavy (non-hydrogen) atoms. The van der Waals surface area contributed by atoms with Crippen molar-refractivity contribution in [3.8, 4) is 0 Å². The highest BCUT2D eigenvalue weighted by Crippen LogP contribution is 2.13. The van der Waals surface area contributed by atoms with Gasteiger partial charge in [0.15, 0.2) is 0 Å². The van der Waals surface area contributed by atoms with Crippen LogP contribution in [0.2, 0.25) is 0 Å². The average Bonchev–Trinajstić information content (AvgIpc) is 2.60. The van der Waals surface area contributed by atoms with E-state index in [9.17, 15) is 9.59 Å². The number of hydrogen-bond donors (Lipinski definition) is 0. The predicted octanol–water partition coefficient (Wildman–Crippen LogP) is 1.12. The molecule has 1 unspecified atom stereocenters. The van der Waals surface area contributed by atoms with Crippen LogP contribution in [0, 0.1) is 0 Å². The van der Waals surface area contributed by atoms with E-state index in [0.29, 0.717) is 12.0 Å². The third-order valence-electron chi connectivity index (χ3n) is 2.45. The van der Waals surface area contributed by atoms with Gasteiger partial charge in [0.1, 0.15) is 6.61 Å². The van der Waals surface area contributed by atoms with E-state index in [2.05, 4.69) is 6.58 Å². The lowest BCUT2D eigenvalue weighted by molar-refractivity contribution is -0.143. The van der Waals surface area contributed by atoms with Gasteiger partial charge in [-0.1, -0.05) is 6.58 Å². The molecule has 1 saturated heterocycles. The highest BCUT2D eigenvalue weighted by Gasteiger charge is 2.25. The topological polar surface area (TPSA) is 46.6 Å². The maximum absolute atomic E-state index is 11.4. The Bertz CT molecular complexity index is 286. The Kier molecular flexibility index (Phi) is 3.88. The van der Waals surface area contributed by atoms with E-state index in [1.54, 1.807) is 11.8 Å².